The lowest BCUT2D eigenvalue weighted by Crippen LogP contribution is -2.48. The van der Waals surface area contributed by atoms with Crippen LogP contribution in [0.4, 0.5) is 11.6 Å². The molecule has 3 aromatic heterocycles. The normalized spacial score (nSPS) is 15.4. The lowest BCUT2D eigenvalue weighted by Gasteiger charge is -2.31. The molecule has 2 N–H and O–H groups in total. The molecule has 0 spiro atoms. The number of amides is 1. The molecule has 0 saturated carbocycles. The molecule has 0 radical (unpaired) electrons. The fourth-order valence-corrected chi connectivity index (χ4v) is 4.65. The maximum Gasteiger partial charge on any atom is 0.239 e. The van der Waals surface area contributed by atoms with Crippen LogP contribution in [0.2, 0.25) is 5.02 Å². The minimum Gasteiger partial charge on any atom is -0.363 e. The summed E-state index contributed by atoms with van der Waals surface area (Å²) < 4.78 is 0. The average molecular weight is 439 g/mol. The third-order valence-corrected chi connectivity index (χ3v) is 6.26. The first-order valence-corrected chi connectivity index (χ1v) is 10.9. The Morgan fingerprint density at radius 2 is 2.17 bits per heavy atom. The van der Waals surface area contributed by atoms with E-state index in [4.69, 9.17) is 16.6 Å². The van der Waals surface area contributed by atoms with Crippen LogP contribution in [0.3, 0.4) is 0 Å². The Hall–Kier alpha value is -2.97. The van der Waals surface area contributed by atoms with Crippen LogP contribution in [0, 0.1) is 0 Å². The third-order valence-electron chi connectivity index (χ3n) is 5.20. The molecular formula is C21H19ClN6OS. The van der Waals surface area contributed by atoms with Gasteiger partial charge in [0.1, 0.15) is 22.8 Å². The lowest BCUT2D eigenvalue weighted by molar-refractivity contribution is -0.120. The summed E-state index contributed by atoms with van der Waals surface area (Å²) in [4.78, 5) is 28.6. The van der Waals surface area contributed by atoms with E-state index in [0.29, 0.717) is 18.1 Å². The van der Waals surface area contributed by atoms with Crippen LogP contribution in [-0.2, 0) is 4.79 Å². The first kappa shape index (κ1) is 19.0. The van der Waals surface area contributed by atoms with E-state index >= 15 is 0 Å². The van der Waals surface area contributed by atoms with Crippen molar-refractivity contribution >= 4 is 61.6 Å². The maximum absolute atomic E-state index is 12.0. The summed E-state index contributed by atoms with van der Waals surface area (Å²) in [6.45, 7) is 3.66. The Labute approximate surface area is 182 Å². The summed E-state index contributed by atoms with van der Waals surface area (Å²) in [6, 6.07) is 9.67. The van der Waals surface area contributed by atoms with Crippen molar-refractivity contribution in [3.8, 4) is 0 Å². The zero-order chi connectivity index (χ0) is 20.7. The molecule has 9 heteroatoms. The highest BCUT2D eigenvalue weighted by Gasteiger charge is 2.24. The minimum absolute atomic E-state index is 0.00148. The Kier molecular flexibility index (Phi) is 4.88. The molecule has 152 valence electrons. The van der Waals surface area contributed by atoms with E-state index in [1.807, 2.05) is 34.5 Å². The Morgan fingerprint density at radius 3 is 3.03 bits per heavy atom. The molecular weight excluding hydrogens is 420 g/mol. The van der Waals surface area contributed by atoms with Crippen molar-refractivity contribution in [1.82, 2.24) is 20.3 Å². The Balaban J connectivity index is 1.59. The second kappa shape index (κ2) is 7.70. The number of aromatic nitrogens is 3. The van der Waals surface area contributed by atoms with Gasteiger partial charge in [0, 0.05) is 29.1 Å². The van der Waals surface area contributed by atoms with Crippen LogP contribution in [0.5, 0.6) is 0 Å². The van der Waals surface area contributed by atoms with Crippen molar-refractivity contribution in [2.24, 2.45) is 0 Å². The zero-order valence-electron chi connectivity index (χ0n) is 16.2. The van der Waals surface area contributed by atoms with Gasteiger partial charge in [0.05, 0.1) is 23.5 Å². The van der Waals surface area contributed by atoms with Gasteiger partial charge in [0.2, 0.25) is 5.91 Å². The van der Waals surface area contributed by atoms with Gasteiger partial charge in [-0.25, -0.2) is 15.0 Å². The van der Waals surface area contributed by atoms with Crippen molar-refractivity contribution < 1.29 is 4.79 Å². The fourth-order valence-electron chi connectivity index (χ4n) is 3.73. The molecule has 4 aromatic rings. The monoisotopic (exact) mass is 438 g/mol. The molecule has 1 aliphatic rings. The molecule has 0 aliphatic carbocycles. The van der Waals surface area contributed by atoms with E-state index in [2.05, 4.69) is 33.6 Å². The number of benzene rings is 1. The van der Waals surface area contributed by atoms with E-state index < -0.39 is 0 Å². The number of thiophene rings is 1. The molecule has 1 unspecified atom stereocenters. The molecule has 1 atom stereocenters. The SMILES string of the molecule is CC(Nc1ncnc2sccc12)c1cc2cc(Cl)ccc2nc1N1CCNC(=O)C1. The van der Waals surface area contributed by atoms with E-state index in [-0.39, 0.29) is 18.5 Å². The fraction of sp³-hybridized carbons (Fsp3) is 0.238. The number of nitrogens with zero attached hydrogens (tertiary/aromatic N) is 4. The largest absolute Gasteiger partial charge is 0.363 e. The quantitative estimate of drug-likeness (QED) is 0.501. The summed E-state index contributed by atoms with van der Waals surface area (Å²) >= 11 is 7.80. The molecule has 5 rings (SSSR count). The van der Waals surface area contributed by atoms with Gasteiger partial charge in [0.25, 0.3) is 0 Å². The van der Waals surface area contributed by atoms with Gasteiger partial charge in [-0.05, 0) is 42.6 Å². The van der Waals surface area contributed by atoms with Crippen LogP contribution >= 0.6 is 22.9 Å². The second-order valence-electron chi connectivity index (χ2n) is 7.24. The van der Waals surface area contributed by atoms with Gasteiger partial charge < -0.3 is 15.5 Å². The van der Waals surface area contributed by atoms with E-state index in [1.165, 1.54) is 0 Å². The number of rotatable bonds is 4. The van der Waals surface area contributed by atoms with Gasteiger partial charge in [-0.2, -0.15) is 0 Å². The molecule has 7 nitrogen and oxygen atoms in total. The molecule has 1 aromatic carbocycles. The third kappa shape index (κ3) is 3.53. The lowest BCUT2D eigenvalue weighted by atomic mass is 10.0. The predicted octanol–water partition coefficient (Wildman–Crippen LogP) is 4.00. The molecule has 1 saturated heterocycles. The van der Waals surface area contributed by atoms with Gasteiger partial charge in [-0.3, -0.25) is 4.79 Å². The number of anilines is 2. The highest BCUT2D eigenvalue weighted by Crippen LogP contribution is 2.33. The van der Waals surface area contributed by atoms with Gasteiger partial charge in [-0.1, -0.05) is 11.6 Å². The number of nitrogens with one attached hydrogen (secondary N) is 2. The van der Waals surface area contributed by atoms with Crippen LogP contribution in [0.15, 0.2) is 42.0 Å². The second-order valence-corrected chi connectivity index (χ2v) is 8.57. The number of piperazine rings is 1. The first-order chi connectivity index (χ1) is 14.6. The zero-order valence-corrected chi connectivity index (χ0v) is 17.8. The Bertz CT molecular complexity index is 1260. The number of hydrogen-bond acceptors (Lipinski definition) is 7. The minimum atomic E-state index is -0.0983. The summed E-state index contributed by atoms with van der Waals surface area (Å²) in [5, 5.41) is 11.0. The number of hydrogen-bond donors (Lipinski definition) is 2. The summed E-state index contributed by atoms with van der Waals surface area (Å²) in [5.74, 6) is 1.58. The first-order valence-electron chi connectivity index (χ1n) is 9.65. The van der Waals surface area contributed by atoms with Gasteiger partial charge in [0.15, 0.2) is 0 Å². The molecule has 4 heterocycles. The predicted molar refractivity (Wildman–Crippen MR) is 121 cm³/mol. The van der Waals surface area contributed by atoms with Crippen LogP contribution in [0.1, 0.15) is 18.5 Å². The summed E-state index contributed by atoms with van der Waals surface area (Å²) in [7, 11) is 0. The molecule has 30 heavy (non-hydrogen) atoms. The number of fused-ring (bicyclic) bond motifs is 2. The molecule has 0 bridgehead atoms. The van der Waals surface area contributed by atoms with Crippen molar-refractivity contribution in [3.63, 3.8) is 0 Å². The Morgan fingerprint density at radius 1 is 1.27 bits per heavy atom. The van der Waals surface area contributed by atoms with Gasteiger partial charge in [-0.15, -0.1) is 11.3 Å². The van der Waals surface area contributed by atoms with Gasteiger partial charge >= 0.3 is 0 Å². The van der Waals surface area contributed by atoms with Crippen molar-refractivity contribution in [1.29, 1.82) is 0 Å². The topological polar surface area (TPSA) is 83.0 Å². The standard InChI is InChI=1S/C21H19ClN6OS/c1-12(26-19-15-4-7-30-21(15)25-11-24-19)16-9-13-8-14(22)2-3-17(13)27-20(16)28-6-5-23-18(29)10-28/h2-4,7-9,11-12H,5-6,10H2,1H3,(H,23,29)(H,24,25,26). The number of carbonyl (C=O) groups is 1. The number of carbonyl (C=O) groups excluding carboxylic acids is 1. The van der Waals surface area contributed by atoms with Crippen molar-refractivity contribution in [3.05, 3.63) is 52.6 Å². The van der Waals surface area contributed by atoms with Crippen molar-refractivity contribution in [2.45, 2.75) is 13.0 Å². The number of halogens is 1. The highest BCUT2D eigenvalue weighted by molar-refractivity contribution is 7.16. The van der Waals surface area contributed by atoms with E-state index in [9.17, 15) is 4.79 Å². The van der Waals surface area contributed by atoms with Crippen LogP contribution in [-0.4, -0.2) is 40.5 Å². The molecule has 1 aliphatic heterocycles. The average Bonchev–Trinajstić information content (AvgIpc) is 3.22. The van der Waals surface area contributed by atoms with Crippen LogP contribution < -0.4 is 15.5 Å². The number of pyridine rings is 1. The van der Waals surface area contributed by atoms with Crippen LogP contribution in [0.25, 0.3) is 21.1 Å². The summed E-state index contributed by atoms with van der Waals surface area (Å²) in [5.41, 5.74) is 1.83. The maximum atomic E-state index is 12.0. The van der Waals surface area contributed by atoms with Crippen molar-refractivity contribution in [2.75, 3.05) is 29.9 Å². The van der Waals surface area contributed by atoms with E-state index in [1.54, 1.807) is 17.7 Å². The smallest absolute Gasteiger partial charge is 0.239 e. The molecule has 1 fully saturated rings. The highest BCUT2D eigenvalue weighted by atomic mass is 35.5. The summed E-state index contributed by atoms with van der Waals surface area (Å²) in [6.07, 6.45) is 1.57. The van der Waals surface area contributed by atoms with E-state index in [0.717, 1.165) is 38.3 Å². The molecule has 1 amide bonds.